The average Bonchev–Trinajstić information content (AvgIpc) is 2.59. The van der Waals surface area contributed by atoms with Crippen molar-refractivity contribution in [1.82, 2.24) is 0 Å². The minimum atomic E-state index is -0.381. The Morgan fingerprint density at radius 2 is 1.42 bits per heavy atom. The van der Waals surface area contributed by atoms with Gasteiger partial charge in [-0.15, -0.1) is 0 Å². The largest absolute Gasteiger partial charge is 0.460 e. The fourth-order valence-corrected chi connectivity index (χ4v) is 2.70. The van der Waals surface area contributed by atoms with Gasteiger partial charge in [-0.1, -0.05) is 64.4 Å². The maximum absolute atomic E-state index is 11.6. The van der Waals surface area contributed by atoms with Crippen molar-refractivity contribution < 1.29 is 14.3 Å². The zero-order chi connectivity index (χ0) is 17.9. The molecule has 0 aliphatic rings. The summed E-state index contributed by atoms with van der Waals surface area (Å²) in [5, 5.41) is 0. The Balaban J connectivity index is 3.32. The lowest BCUT2D eigenvalue weighted by Crippen LogP contribution is -2.09. The molecular formula is C19H33NO3S. The fraction of sp³-hybridized carbons (Fsp3) is 0.789. The van der Waals surface area contributed by atoms with E-state index in [1.807, 2.05) is 0 Å². The summed E-state index contributed by atoms with van der Waals surface area (Å²) >= 11 is 4.22. The topological polar surface area (TPSA) is 55.7 Å². The van der Waals surface area contributed by atoms with Crippen LogP contribution >= 0.6 is 12.6 Å². The second-order valence-electron chi connectivity index (χ2n) is 6.08. The maximum atomic E-state index is 11.6. The molecule has 0 bridgehead atoms. The molecule has 0 saturated carbocycles. The molecule has 0 fully saturated rings. The van der Waals surface area contributed by atoms with Crippen LogP contribution in [0.1, 0.15) is 77.0 Å². The van der Waals surface area contributed by atoms with Crippen molar-refractivity contribution in [2.75, 3.05) is 18.9 Å². The summed E-state index contributed by atoms with van der Waals surface area (Å²) in [7, 11) is 0. The molecule has 0 N–H and O–H groups in total. The van der Waals surface area contributed by atoms with Crippen molar-refractivity contribution in [3.8, 4) is 0 Å². The molecule has 5 heteroatoms. The van der Waals surface area contributed by atoms with Crippen LogP contribution in [0.5, 0.6) is 0 Å². The first-order valence-electron chi connectivity index (χ1n) is 9.21. The van der Waals surface area contributed by atoms with Crippen LogP contribution in [-0.2, 0) is 14.3 Å². The molecule has 138 valence electrons. The predicted octanol–water partition coefficient (Wildman–Crippen LogP) is 5.03. The second-order valence-corrected chi connectivity index (χ2v) is 6.52. The lowest BCUT2D eigenvalue weighted by atomic mass is 10.0. The summed E-state index contributed by atoms with van der Waals surface area (Å²) in [4.78, 5) is 24.8. The zero-order valence-corrected chi connectivity index (χ0v) is 15.8. The molecule has 0 atom stereocenters. The number of thiol groups is 1. The standard InChI is InChI=1S/C19H33NO3S/c1-18(19(22)23-15-14-20-17-21)13-11-9-7-5-3-2-4-6-8-10-12-16-24/h24H,1-16H2. The summed E-state index contributed by atoms with van der Waals surface area (Å²) in [5.74, 6) is 0.632. The fourth-order valence-electron chi connectivity index (χ4n) is 2.47. The van der Waals surface area contributed by atoms with E-state index in [0.29, 0.717) is 12.0 Å². The Hall–Kier alpha value is -1.06. The van der Waals surface area contributed by atoms with Gasteiger partial charge >= 0.3 is 5.97 Å². The lowest BCUT2D eigenvalue weighted by Gasteiger charge is -2.06. The molecule has 4 nitrogen and oxygen atoms in total. The number of isocyanates is 1. The Morgan fingerprint density at radius 3 is 1.92 bits per heavy atom. The third-order valence-corrected chi connectivity index (χ3v) is 4.24. The molecule has 0 aromatic rings. The summed E-state index contributed by atoms with van der Waals surface area (Å²) in [6, 6.07) is 0. The van der Waals surface area contributed by atoms with Gasteiger partial charge in [-0.25, -0.2) is 14.6 Å². The van der Waals surface area contributed by atoms with Crippen LogP contribution in [0.2, 0.25) is 0 Å². The molecule has 0 amide bonds. The second kappa shape index (κ2) is 18.3. The Kier molecular flexibility index (Phi) is 17.5. The number of rotatable bonds is 17. The quantitative estimate of drug-likeness (QED) is 0.0994. The first-order chi connectivity index (χ1) is 11.7. The zero-order valence-electron chi connectivity index (χ0n) is 14.9. The predicted molar refractivity (Wildman–Crippen MR) is 102 cm³/mol. The number of hydrogen-bond donors (Lipinski definition) is 1. The van der Waals surface area contributed by atoms with Crippen LogP contribution in [0.25, 0.3) is 0 Å². The monoisotopic (exact) mass is 355 g/mol. The van der Waals surface area contributed by atoms with Gasteiger partial charge in [0.05, 0.1) is 6.54 Å². The number of unbranched alkanes of at least 4 members (excludes halogenated alkanes) is 10. The molecule has 0 saturated heterocycles. The minimum Gasteiger partial charge on any atom is -0.460 e. The summed E-state index contributed by atoms with van der Waals surface area (Å²) in [5.41, 5.74) is 0.506. The van der Waals surface area contributed by atoms with Gasteiger partial charge in [-0.2, -0.15) is 12.6 Å². The van der Waals surface area contributed by atoms with E-state index in [1.54, 1.807) is 0 Å². The van der Waals surface area contributed by atoms with Crippen LogP contribution in [0.15, 0.2) is 17.1 Å². The molecule has 0 rings (SSSR count). The van der Waals surface area contributed by atoms with E-state index in [9.17, 15) is 9.59 Å². The van der Waals surface area contributed by atoms with E-state index in [4.69, 9.17) is 4.74 Å². The van der Waals surface area contributed by atoms with Crippen LogP contribution in [-0.4, -0.2) is 31.0 Å². The highest BCUT2D eigenvalue weighted by molar-refractivity contribution is 7.80. The third-order valence-electron chi connectivity index (χ3n) is 3.93. The van der Waals surface area contributed by atoms with Crippen molar-refractivity contribution in [3.63, 3.8) is 0 Å². The molecule has 24 heavy (non-hydrogen) atoms. The van der Waals surface area contributed by atoms with E-state index in [2.05, 4.69) is 24.2 Å². The molecule has 0 aliphatic carbocycles. The normalized spacial score (nSPS) is 10.2. The van der Waals surface area contributed by atoms with E-state index in [0.717, 1.165) is 18.6 Å². The number of hydrogen-bond acceptors (Lipinski definition) is 5. The van der Waals surface area contributed by atoms with E-state index in [-0.39, 0.29) is 19.1 Å². The van der Waals surface area contributed by atoms with Crippen molar-refractivity contribution in [2.45, 2.75) is 77.0 Å². The van der Waals surface area contributed by atoms with Gasteiger partial charge in [-0.3, -0.25) is 0 Å². The van der Waals surface area contributed by atoms with Crippen molar-refractivity contribution in [1.29, 1.82) is 0 Å². The molecule has 0 aromatic heterocycles. The van der Waals surface area contributed by atoms with Crippen molar-refractivity contribution in [2.24, 2.45) is 4.99 Å². The average molecular weight is 356 g/mol. The third kappa shape index (κ3) is 15.8. The molecular weight excluding hydrogens is 322 g/mol. The Morgan fingerprint density at radius 1 is 0.917 bits per heavy atom. The van der Waals surface area contributed by atoms with Crippen LogP contribution in [0.4, 0.5) is 0 Å². The van der Waals surface area contributed by atoms with Gasteiger partial charge in [0.1, 0.15) is 6.61 Å². The summed E-state index contributed by atoms with van der Waals surface area (Å²) in [6.45, 7) is 4.03. The summed E-state index contributed by atoms with van der Waals surface area (Å²) in [6.07, 6.45) is 16.0. The van der Waals surface area contributed by atoms with Crippen molar-refractivity contribution in [3.05, 3.63) is 12.2 Å². The lowest BCUT2D eigenvalue weighted by molar-refractivity contribution is -0.138. The first-order valence-corrected chi connectivity index (χ1v) is 9.85. The number of ether oxygens (including phenoxy) is 1. The Bertz CT molecular complexity index is 379. The number of nitrogens with zero attached hydrogens (tertiary/aromatic N) is 1. The first kappa shape index (κ1) is 22.9. The smallest absolute Gasteiger partial charge is 0.333 e. The van der Waals surface area contributed by atoms with Crippen LogP contribution in [0.3, 0.4) is 0 Å². The minimum absolute atomic E-state index is 0.113. The van der Waals surface area contributed by atoms with Gasteiger partial charge in [0.2, 0.25) is 6.08 Å². The van der Waals surface area contributed by atoms with Crippen LogP contribution < -0.4 is 0 Å². The highest BCUT2D eigenvalue weighted by Gasteiger charge is 2.07. The van der Waals surface area contributed by atoms with E-state index in [1.165, 1.54) is 63.9 Å². The van der Waals surface area contributed by atoms with Crippen molar-refractivity contribution >= 4 is 24.7 Å². The molecule has 0 radical (unpaired) electrons. The van der Waals surface area contributed by atoms with Gasteiger partial charge in [0, 0.05) is 5.57 Å². The van der Waals surface area contributed by atoms with Gasteiger partial charge in [-0.05, 0) is 25.0 Å². The highest BCUT2D eigenvalue weighted by atomic mass is 32.1. The van der Waals surface area contributed by atoms with E-state index < -0.39 is 0 Å². The maximum Gasteiger partial charge on any atom is 0.333 e. The molecule has 0 heterocycles. The van der Waals surface area contributed by atoms with Gasteiger partial charge < -0.3 is 4.74 Å². The van der Waals surface area contributed by atoms with E-state index >= 15 is 0 Å². The number of carbonyl (C=O) groups excluding carboxylic acids is 2. The SMILES string of the molecule is C=C(CCCCCCCCCCCCCS)C(=O)OCCN=C=O. The van der Waals surface area contributed by atoms with Gasteiger partial charge in [0.25, 0.3) is 0 Å². The van der Waals surface area contributed by atoms with Crippen LogP contribution in [0, 0.1) is 0 Å². The molecule has 0 unspecified atom stereocenters. The number of aliphatic imine (C=N–C) groups is 1. The Labute approximate surface area is 152 Å². The number of carbonyl (C=O) groups is 1. The molecule has 0 spiro atoms. The van der Waals surface area contributed by atoms with Gasteiger partial charge in [0.15, 0.2) is 0 Å². The summed E-state index contributed by atoms with van der Waals surface area (Å²) < 4.78 is 4.95. The molecule has 0 aliphatic heterocycles. The highest BCUT2D eigenvalue weighted by Crippen LogP contribution is 2.14. The molecule has 0 aromatic carbocycles. The number of esters is 1.